The number of fused-ring (bicyclic) bond motifs is 3. The smallest absolute Gasteiger partial charge is 0.200 e. The number of nitrogens with one attached hydrogen (secondary N) is 2. The third kappa shape index (κ3) is 8.13. The molecule has 0 aliphatic carbocycles. The number of aliphatic imine (C=N–C) groups is 2. The Morgan fingerprint density at radius 3 is 0.914 bits per heavy atom. The van der Waals surface area contributed by atoms with Gasteiger partial charge in [0, 0.05) is 56.4 Å². The SMILES string of the molecule is Fc1ccc(-c2nc3nc4c(nc3nc2-c2ccc(F)cc2)NC2N=C(c3ccc(N(c5ccccc5)c5ccccc5)cc3)C(c3ccc(N(c5ccccc5)c5ccccc5)cc3)=NC2N4)cc1. The summed E-state index contributed by atoms with van der Waals surface area (Å²) < 4.78 is 28.2. The van der Waals surface area contributed by atoms with Crippen molar-refractivity contribution in [2.24, 2.45) is 9.98 Å². The fourth-order valence-corrected chi connectivity index (χ4v) is 8.91. The molecular formula is C58H40F2N10. The zero-order chi connectivity index (χ0) is 47.0. The lowest BCUT2D eigenvalue weighted by Crippen LogP contribution is -2.46. The Kier molecular flexibility index (Phi) is 10.8. The Morgan fingerprint density at radius 2 is 0.600 bits per heavy atom. The Bertz CT molecular complexity index is 3230. The number of hydrogen-bond acceptors (Lipinski definition) is 10. The first-order valence-electron chi connectivity index (χ1n) is 22.8. The largest absolute Gasteiger partial charge is 0.342 e. The molecule has 2 aromatic heterocycles. The Morgan fingerprint density at radius 1 is 0.314 bits per heavy atom. The maximum atomic E-state index is 14.1. The molecule has 0 fully saturated rings. The van der Waals surface area contributed by atoms with Crippen molar-refractivity contribution < 1.29 is 8.78 Å². The summed E-state index contributed by atoms with van der Waals surface area (Å²) in [4.78, 5) is 35.0. The first kappa shape index (κ1) is 42.0. The van der Waals surface area contributed by atoms with Crippen LogP contribution in [0.3, 0.4) is 0 Å². The molecule has 2 aliphatic rings. The van der Waals surface area contributed by atoms with E-state index in [-0.39, 0.29) is 22.9 Å². The third-order valence-electron chi connectivity index (χ3n) is 12.2. The summed E-state index contributed by atoms with van der Waals surface area (Å²) in [5.74, 6) is 0.0781. The molecule has 12 rings (SSSR count). The Hall–Kier alpha value is -9.42. The van der Waals surface area contributed by atoms with Crippen LogP contribution in [0.25, 0.3) is 33.8 Å². The highest BCUT2D eigenvalue weighted by Crippen LogP contribution is 2.38. The van der Waals surface area contributed by atoms with Crippen LogP contribution in [-0.2, 0) is 0 Å². The fraction of sp³-hybridized carbons (Fsp3) is 0.0345. The number of rotatable bonds is 10. The van der Waals surface area contributed by atoms with Gasteiger partial charge in [-0.05, 0) is 121 Å². The number of benzene rings is 8. The number of para-hydroxylation sites is 4. The lowest BCUT2D eigenvalue weighted by atomic mass is 9.96. The molecule has 2 atom stereocenters. The van der Waals surface area contributed by atoms with Crippen molar-refractivity contribution in [3.8, 4) is 22.5 Å². The summed E-state index contributed by atoms with van der Waals surface area (Å²) in [5.41, 5.74) is 11.9. The molecule has 0 bridgehead atoms. The molecule has 2 unspecified atom stereocenters. The van der Waals surface area contributed by atoms with E-state index in [2.05, 4.69) is 117 Å². The molecule has 70 heavy (non-hydrogen) atoms. The number of aromatic nitrogens is 4. The van der Waals surface area contributed by atoms with Crippen molar-refractivity contribution in [1.82, 2.24) is 19.9 Å². The Balaban J connectivity index is 0.952. The van der Waals surface area contributed by atoms with Crippen LogP contribution in [0, 0.1) is 11.6 Å². The second kappa shape index (κ2) is 18.0. The highest BCUT2D eigenvalue weighted by Gasteiger charge is 2.35. The van der Waals surface area contributed by atoms with E-state index in [0.717, 1.165) is 45.3 Å². The molecule has 10 aromatic rings. The molecule has 0 saturated carbocycles. The predicted molar refractivity (Wildman–Crippen MR) is 276 cm³/mol. The second-order valence-corrected chi connectivity index (χ2v) is 16.7. The van der Waals surface area contributed by atoms with Crippen molar-refractivity contribution in [2.75, 3.05) is 20.4 Å². The second-order valence-electron chi connectivity index (χ2n) is 16.7. The third-order valence-corrected chi connectivity index (χ3v) is 12.2. The van der Waals surface area contributed by atoms with Gasteiger partial charge in [-0.15, -0.1) is 0 Å². The summed E-state index contributed by atoms with van der Waals surface area (Å²) in [5, 5.41) is 7.02. The zero-order valence-electron chi connectivity index (χ0n) is 37.3. The van der Waals surface area contributed by atoms with Gasteiger partial charge in [0.25, 0.3) is 0 Å². The highest BCUT2D eigenvalue weighted by molar-refractivity contribution is 6.54. The van der Waals surface area contributed by atoms with Crippen LogP contribution in [0.2, 0.25) is 0 Å². The van der Waals surface area contributed by atoms with Crippen molar-refractivity contribution in [2.45, 2.75) is 12.3 Å². The van der Waals surface area contributed by atoms with E-state index in [1.165, 1.54) is 24.3 Å². The van der Waals surface area contributed by atoms with Gasteiger partial charge in [0.05, 0.1) is 22.8 Å². The van der Waals surface area contributed by atoms with E-state index in [0.29, 0.717) is 45.6 Å². The minimum absolute atomic E-state index is 0.262. The average molecular weight is 915 g/mol. The summed E-state index contributed by atoms with van der Waals surface area (Å²) in [6.07, 6.45) is -1.17. The van der Waals surface area contributed by atoms with E-state index in [4.69, 9.17) is 29.9 Å². The van der Waals surface area contributed by atoms with Gasteiger partial charge in [-0.3, -0.25) is 9.98 Å². The summed E-state index contributed by atoms with van der Waals surface area (Å²) in [6, 6.07) is 70.0. The van der Waals surface area contributed by atoms with E-state index in [1.54, 1.807) is 24.3 Å². The van der Waals surface area contributed by atoms with Crippen LogP contribution in [0.15, 0.2) is 228 Å². The maximum absolute atomic E-state index is 14.1. The lowest BCUT2D eigenvalue weighted by Gasteiger charge is -2.34. The molecule has 4 heterocycles. The van der Waals surface area contributed by atoms with Crippen LogP contribution < -0.4 is 20.4 Å². The van der Waals surface area contributed by atoms with Crippen molar-refractivity contribution in [3.63, 3.8) is 0 Å². The number of hydrogen-bond donors (Lipinski definition) is 2. The van der Waals surface area contributed by atoms with E-state index in [1.807, 2.05) is 72.8 Å². The molecule has 0 spiro atoms. The van der Waals surface area contributed by atoms with E-state index >= 15 is 0 Å². The topological polar surface area (TPSA) is 107 Å². The normalized spacial score (nSPS) is 14.8. The number of halogens is 2. The van der Waals surface area contributed by atoms with Gasteiger partial charge in [0.1, 0.15) is 11.6 Å². The molecular weight excluding hydrogens is 875 g/mol. The number of nitrogens with zero attached hydrogens (tertiary/aromatic N) is 8. The predicted octanol–water partition coefficient (Wildman–Crippen LogP) is 13.5. The fourth-order valence-electron chi connectivity index (χ4n) is 8.91. The molecule has 336 valence electrons. The first-order chi connectivity index (χ1) is 34.5. The first-order valence-corrected chi connectivity index (χ1v) is 22.8. The van der Waals surface area contributed by atoms with Crippen LogP contribution in [0.5, 0.6) is 0 Å². The minimum Gasteiger partial charge on any atom is -0.342 e. The van der Waals surface area contributed by atoms with E-state index in [9.17, 15) is 8.78 Å². The molecule has 2 aliphatic heterocycles. The molecule has 0 radical (unpaired) electrons. The van der Waals surface area contributed by atoms with Crippen LogP contribution in [-0.4, -0.2) is 43.7 Å². The van der Waals surface area contributed by atoms with Crippen LogP contribution >= 0.6 is 0 Å². The zero-order valence-corrected chi connectivity index (χ0v) is 37.3. The summed E-state index contributed by atoms with van der Waals surface area (Å²) in [6.45, 7) is 0. The van der Waals surface area contributed by atoms with Gasteiger partial charge in [-0.25, -0.2) is 28.7 Å². The molecule has 0 amide bonds. The molecule has 12 heteroatoms. The Labute approximate surface area is 402 Å². The van der Waals surface area contributed by atoms with Crippen molar-refractivity contribution >= 4 is 68.5 Å². The van der Waals surface area contributed by atoms with Crippen molar-refractivity contribution in [3.05, 3.63) is 241 Å². The molecule has 8 aromatic carbocycles. The van der Waals surface area contributed by atoms with E-state index < -0.39 is 12.3 Å². The van der Waals surface area contributed by atoms with Gasteiger partial charge in [-0.2, -0.15) is 0 Å². The van der Waals surface area contributed by atoms with Gasteiger partial charge in [-0.1, -0.05) is 97.1 Å². The molecule has 0 saturated heterocycles. The standard InChI is InChI=1S/C58H40F2N10/c59-41-29-21-37(22-30-41)49-50(38-23-31-42(60)32-24-38)62-54-53(61-49)65-57-58(66-54)68-56-55(67-57)63-51(39-25-33-47(34-26-39)69(43-13-5-1-6-14-43)44-15-7-2-8-16-44)52(64-56)40-27-35-48(36-28-40)70(45-17-9-3-10-18-45)46-19-11-4-12-20-46/h1-36,55-56H,(H,61,65,67)(H,62,66,68). The average Bonchev–Trinajstić information content (AvgIpc) is 3.41. The van der Waals surface area contributed by atoms with Crippen LogP contribution in [0.4, 0.5) is 54.5 Å². The number of anilines is 8. The summed E-state index contributed by atoms with van der Waals surface area (Å²) in [7, 11) is 0. The molecule has 2 N–H and O–H groups in total. The minimum atomic E-state index is -0.586. The lowest BCUT2D eigenvalue weighted by molar-refractivity contribution is 0.608. The van der Waals surface area contributed by atoms with Gasteiger partial charge >= 0.3 is 0 Å². The highest BCUT2D eigenvalue weighted by atomic mass is 19.1. The quantitative estimate of drug-likeness (QED) is 0.140. The van der Waals surface area contributed by atoms with Gasteiger partial charge < -0.3 is 20.4 Å². The van der Waals surface area contributed by atoms with Crippen LogP contribution in [0.1, 0.15) is 11.1 Å². The van der Waals surface area contributed by atoms with Gasteiger partial charge in [0.15, 0.2) is 24.0 Å². The van der Waals surface area contributed by atoms with Crippen molar-refractivity contribution in [1.29, 1.82) is 0 Å². The van der Waals surface area contributed by atoms with Gasteiger partial charge in [0.2, 0.25) is 11.3 Å². The monoisotopic (exact) mass is 914 g/mol. The summed E-state index contributed by atoms with van der Waals surface area (Å²) >= 11 is 0. The molecule has 10 nitrogen and oxygen atoms in total. The maximum Gasteiger partial charge on any atom is 0.200 e.